The number of aromatic nitrogens is 1. The average molecular weight is 313 g/mol. The van der Waals surface area contributed by atoms with Gasteiger partial charge in [0.1, 0.15) is 0 Å². The summed E-state index contributed by atoms with van der Waals surface area (Å²) < 4.78 is 2.00. The molecule has 120 valence electrons. The zero-order valence-corrected chi connectivity index (χ0v) is 13.2. The van der Waals surface area contributed by atoms with Crippen molar-refractivity contribution in [2.45, 2.75) is 32.4 Å². The summed E-state index contributed by atoms with van der Waals surface area (Å²) in [5.41, 5.74) is 2.13. The second-order valence-corrected chi connectivity index (χ2v) is 6.03. The van der Waals surface area contributed by atoms with Crippen LogP contribution in [0.1, 0.15) is 34.5 Å². The number of hydrogen-bond acceptors (Lipinski definition) is 3. The van der Waals surface area contributed by atoms with Crippen molar-refractivity contribution in [2.75, 3.05) is 0 Å². The highest BCUT2D eigenvalue weighted by Gasteiger charge is 2.33. The number of nitrogens with zero attached hydrogens (tertiary/aromatic N) is 3. The van der Waals surface area contributed by atoms with Crippen molar-refractivity contribution in [1.82, 2.24) is 9.47 Å². The zero-order valence-electron chi connectivity index (χ0n) is 13.2. The van der Waals surface area contributed by atoms with E-state index in [0.29, 0.717) is 17.7 Å². The fourth-order valence-corrected chi connectivity index (χ4v) is 2.75. The van der Waals surface area contributed by atoms with Crippen molar-refractivity contribution < 1.29 is 9.72 Å². The smallest absolute Gasteiger partial charge is 0.272 e. The molecule has 1 saturated carbocycles. The van der Waals surface area contributed by atoms with Gasteiger partial charge in [0.25, 0.3) is 11.6 Å². The lowest BCUT2D eigenvalue weighted by Gasteiger charge is -2.23. The van der Waals surface area contributed by atoms with Crippen molar-refractivity contribution in [1.29, 1.82) is 0 Å². The molecule has 3 rings (SSSR count). The van der Waals surface area contributed by atoms with Crippen molar-refractivity contribution in [3.05, 3.63) is 63.5 Å². The van der Waals surface area contributed by atoms with Crippen molar-refractivity contribution in [2.24, 2.45) is 7.05 Å². The molecule has 2 aromatic rings. The topological polar surface area (TPSA) is 68.4 Å². The first-order valence-corrected chi connectivity index (χ1v) is 7.63. The summed E-state index contributed by atoms with van der Waals surface area (Å²) in [6.07, 6.45) is 3.99. The third-order valence-corrected chi connectivity index (χ3v) is 4.27. The van der Waals surface area contributed by atoms with E-state index in [1.807, 2.05) is 34.8 Å². The van der Waals surface area contributed by atoms with Gasteiger partial charge in [-0.1, -0.05) is 0 Å². The predicted molar refractivity (Wildman–Crippen MR) is 86.1 cm³/mol. The first-order valence-electron chi connectivity index (χ1n) is 7.63. The molecular weight excluding hydrogens is 294 g/mol. The number of carbonyl (C=O) groups excluding carboxylic acids is 1. The Balaban J connectivity index is 1.85. The van der Waals surface area contributed by atoms with Gasteiger partial charge in [-0.3, -0.25) is 14.9 Å². The normalized spacial score (nSPS) is 13.8. The molecule has 0 aliphatic heterocycles. The molecular formula is C17H19N3O3. The van der Waals surface area contributed by atoms with Crippen LogP contribution in [0, 0.1) is 17.0 Å². The molecule has 1 aromatic carbocycles. The van der Waals surface area contributed by atoms with Gasteiger partial charge in [0.2, 0.25) is 0 Å². The van der Waals surface area contributed by atoms with Crippen molar-refractivity contribution >= 4 is 11.6 Å². The van der Waals surface area contributed by atoms with Gasteiger partial charge in [0, 0.05) is 42.2 Å². The summed E-state index contributed by atoms with van der Waals surface area (Å²) in [5.74, 6) is -0.0632. The highest BCUT2D eigenvalue weighted by atomic mass is 16.6. The highest BCUT2D eigenvalue weighted by Crippen LogP contribution is 2.30. The summed E-state index contributed by atoms with van der Waals surface area (Å²) in [4.78, 5) is 25.2. The van der Waals surface area contributed by atoms with E-state index in [9.17, 15) is 14.9 Å². The van der Waals surface area contributed by atoms with Crippen LogP contribution in [0.3, 0.4) is 0 Å². The Labute approximate surface area is 134 Å². The van der Waals surface area contributed by atoms with E-state index in [1.165, 1.54) is 6.07 Å². The van der Waals surface area contributed by atoms with E-state index in [0.717, 1.165) is 18.5 Å². The fraction of sp³-hybridized carbons (Fsp3) is 0.353. The first kappa shape index (κ1) is 15.3. The summed E-state index contributed by atoms with van der Waals surface area (Å²) in [6, 6.07) is 8.81. The number of nitro benzene ring substituents is 1. The van der Waals surface area contributed by atoms with E-state index in [2.05, 4.69) is 0 Å². The van der Waals surface area contributed by atoms with Crippen LogP contribution in [0.2, 0.25) is 0 Å². The van der Waals surface area contributed by atoms with Crippen LogP contribution in [-0.4, -0.2) is 26.3 Å². The van der Waals surface area contributed by atoms with E-state index >= 15 is 0 Å². The van der Waals surface area contributed by atoms with Crippen molar-refractivity contribution in [3.8, 4) is 0 Å². The third kappa shape index (κ3) is 3.11. The van der Waals surface area contributed by atoms with Gasteiger partial charge < -0.3 is 9.47 Å². The van der Waals surface area contributed by atoms with Gasteiger partial charge in [0.05, 0.1) is 11.5 Å². The molecule has 0 N–H and O–H groups in total. The Morgan fingerprint density at radius 3 is 2.65 bits per heavy atom. The van der Waals surface area contributed by atoms with Crippen LogP contribution in [-0.2, 0) is 13.6 Å². The van der Waals surface area contributed by atoms with Crippen molar-refractivity contribution in [3.63, 3.8) is 0 Å². The highest BCUT2D eigenvalue weighted by molar-refractivity contribution is 5.95. The SMILES string of the molecule is Cc1cc(C(=O)N(Cc2cccn2C)C2CC2)ccc1[N+](=O)[O-]. The molecule has 6 heteroatoms. The number of nitro groups is 1. The molecule has 0 bridgehead atoms. The Morgan fingerprint density at radius 2 is 2.13 bits per heavy atom. The Hall–Kier alpha value is -2.63. The largest absolute Gasteiger partial charge is 0.353 e. The Kier molecular flexibility index (Phi) is 3.90. The van der Waals surface area contributed by atoms with Gasteiger partial charge in [-0.05, 0) is 44.0 Å². The number of aryl methyl sites for hydroxylation is 2. The van der Waals surface area contributed by atoms with Crippen LogP contribution in [0.4, 0.5) is 5.69 Å². The Morgan fingerprint density at radius 1 is 1.39 bits per heavy atom. The van der Waals surface area contributed by atoms with Crippen LogP contribution >= 0.6 is 0 Å². The quantitative estimate of drug-likeness (QED) is 0.629. The molecule has 23 heavy (non-hydrogen) atoms. The summed E-state index contributed by atoms with van der Waals surface area (Å²) in [7, 11) is 1.96. The molecule has 0 unspecified atom stereocenters. The lowest BCUT2D eigenvalue weighted by atomic mass is 10.1. The van der Waals surface area contributed by atoms with Crippen LogP contribution in [0.5, 0.6) is 0 Å². The fourth-order valence-electron chi connectivity index (χ4n) is 2.75. The van der Waals surface area contributed by atoms with Crippen LogP contribution in [0.25, 0.3) is 0 Å². The molecule has 1 amide bonds. The summed E-state index contributed by atoms with van der Waals surface area (Å²) in [6.45, 7) is 2.22. The maximum Gasteiger partial charge on any atom is 0.272 e. The summed E-state index contributed by atoms with van der Waals surface area (Å²) >= 11 is 0. The van der Waals surface area contributed by atoms with Crippen LogP contribution in [0.15, 0.2) is 36.5 Å². The zero-order chi connectivity index (χ0) is 16.6. The standard InChI is InChI=1S/C17H19N3O3/c1-12-10-13(5-8-16(12)20(22)23)17(21)19(14-6-7-14)11-15-4-3-9-18(15)2/h3-5,8-10,14H,6-7,11H2,1-2H3. The lowest BCUT2D eigenvalue weighted by molar-refractivity contribution is -0.385. The molecule has 0 spiro atoms. The first-order chi connectivity index (χ1) is 11.0. The molecule has 1 aliphatic carbocycles. The number of carbonyl (C=O) groups is 1. The van der Waals surface area contributed by atoms with E-state index < -0.39 is 4.92 Å². The average Bonchev–Trinajstić information content (AvgIpc) is 3.27. The maximum absolute atomic E-state index is 12.8. The minimum absolute atomic E-state index is 0.0435. The summed E-state index contributed by atoms with van der Waals surface area (Å²) in [5, 5.41) is 10.9. The Bertz CT molecular complexity index is 762. The second-order valence-electron chi connectivity index (χ2n) is 6.03. The van der Waals surface area contributed by atoms with Gasteiger partial charge in [0.15, 0.2) is 0 Å². The van der Waals surface area contributed by atoms with Crippen LogP contribution < -0.4 is 0 Å². The van der Waals surface area contributed by atoms with Gasteiger partial charge in [-0.25, -0.2) is 0 Å². The minimum atomic E-state index is -0.424. The molecule has 0 saturated heterocycles. The van der Waals surface area contributed by atoms with E-state index in [-0.39, 0.29) is 17.6 Å². The molecule has 6 nitrogen and oxygen atoms in total. The molecule has 0 radical (unpaired) electrons. The van der Waals surface area contributed by atoms with E-state index in [1.54, 1.807) is 19.1 Å². The molecule has 1 aromatic heterocycles. The number of benzene rings is 1. The van der Waals surface area contributed by atoms with E-state index in [4.69, 9.17) is 0 Å². The van der Waals surface area contributed by atoms with Gasteiger partial charge in [-0.2, -0.15) is 0 Å². The number of rotatable bonds is 5. The second kappa shape index (κ2) is 5.87. The monoisotopic (exact) mass is 313 g/mol. The molecule has 1 heterocycles. The molecule has 1 aliphatic rings. The molecule has 1 fully saturated rings. The lowest BCUT2D eigenvalue weighted by Crippen LogP contribution is -2.33. The molecule has 0 atom stereocenters. The number of hydrogen-bond donors (Lipinski definition) is 0. The maximum atomic E-state index is 12.8. The predicted octanol–water partition coefficient (Wildman–Crippen LogP) is 3.05. The van der Waals surface area contributed by atoms with Gasteiger partial charge in [-0.15, -0.1) is 0 Å². The minimum Gasteiger partial charge on any atom is -0.353 e. The van der Waals surface area contributed by atoms with Gasteiger partial charge >= 0.3 is 0 Å². The third-order valence-electron chi connectivity index (χ3n) is 4.27. The number of amides is 1.